The van der Waals surface area contributed by atoms with Crippen molar-refractivity contribution in [1.82, 2.24) is 0 Å². The molecule has 16 heavy (non-hydrogen) atoms. The number of ether oxygens (including phenoxy) is 1. The quantitative estimate of drug-likeness (QED) is 0.793. The van der Waals surface area contributed by atoms with Gasteiger partial charge in [0.25, 0.3) is 0 Å². The van der Waals surface area contributed by atoms with Crippen molar-refractivity contribution in [3.63, 3.8) is 0 Å². The summed E-state index contributed by atoms with van der Waals surface area (Å²) in [5, 5.41) is 9.41. The van der Waals surface area contributed by atoms with Gasteiger partial charge >= 0.3 is 17.7 Å². The van der Waals surface area contributed by atoms with E-state index in [-0.39, 0.29) is 5.76 Å². The van der Waals surface area contributed by atoms with Crippen LogP contribution < -0.4 is 0 Å². The van der Waals surface area contributed by atoms with Gasteiger partial charge in [0.2, 0.25) is 0 Å². The summed E-state index contributed by atoms with van der Waals surface area (Å²) >= 11 is 0. The molecule has 0 aliphatic rings. The molecule has 0 spiro atoms. The minimum atomic E-state index is -5.22. The van der Waals surface area contributed by atoms with Gasteiger partial charge in [0.1, 0.15) is 5.76 Å². The molecule has 0 radical (unpaired) electrons. The van der Waals surface area contributed by atoms with E-state index in [1.54, 1.807) is 0 Å². The molecule has 1 N–H and O–H groups in total. The molecule has 0 amide bonds. The fraction of sp³-hybridized carbons (Fsp3) is 0.444. The smallest absolute Gasteiger partial charge is 0.435 e. The predicted octanol–water partition coefficient (Wildman–Crippen LogP) is 1.51. The first-order chi connectivity index (χ1) is 7.23. The Kier molecular flexibility index (Phi) is 3.00. The lowest BCUT2D eigenvalue weighted by atomic mass is 10.0. The zero-order valence-electron chi connectivity index (χ0n) is 8.46. The molecule has 0 saturated carbocycles. The lowest BCUT2D eigenvalue weighted by Crippen LogP contribution is -2.49. The molecule has 1 aromatic heterocycles. The maximum absolute atomic E-state index is 12.6. The van der Waals surface area contributed by atoms with Gasteiger partial charge in [-0.05, 0) is 19.1 Å². The predicted molar refractivity (Wildman–Crippen MR) is 45.4 cm³/mol. The van der Waals surface area contributed by atoms with Crippen molar-refractivity contribution in [1.29, 1.82) is 0 Å². The number of furan rings is 1. The van der Waals surface area contributed by atoms with Crippen molar-refractivity contribution in [2.75, 3.05) is 7.11 Å². The van der Waals surface area contributed by atoms with E-state index in [4.69, 9.17) is 0 Å². The number of methoxy groups -OCH3 is 1. The number of carbonyl (C=O) groups excluding carboxylic acids is 1. The lowest BCUT2D eigenvalue weighted by molar-refractivity contribution is -0.271. The Morgan fingerprint density at radius 2 is 2.00 bits per heavy atom. The fourth-order valence-electron chi connectivity index (χ4n) is 1.13. The van der Waals surface area contributed by atoms with Crippen LogP contribution in [0.2, 0.25) is 0 Å². The molecule has 0 saturated heterocycles. The molecule has 7 heteroatoms. The number of esters is 1. The molecule has 0 bridgehead atoms. The highest BCUT2D eigenvalue weighted by molar-refractivity contribution is 5.81. The Balaban J connectivity index is 3.31. The highest BCUT2D eigenvalue weighted by Gasteiger charge is 2.64. The zero-order valence-corrected chi connectivity index (χ0v) is 8.46. The number of rotatable bonds is 2. The summed E-state index contributed by atoms with van der Waals surface area (Å²) in [6, 6.07) is 2.08. The van der Waals surface area contributed by atoms with Gasteiger partial charge in [0, 0.05) is 0 Å². The number of hydrogen-bond donors (Lipinski definition) is 1. The molecule has 0 aromatic carbocycles. The Labute approximate surface area is 88.6 Å². The average Bonchev–Trinajstić information content (AvgIpc) is 2.60. The molecule has 90 valence electrons. The Morgan fingerprint density at radius 1 is 1.44 bits per heavy atom. The molecule has 0 fully saturated rings. The van der Waals surface area contributed by atoms with E-state index < -0.39 is 23.5 Å². The number of hydrogen-bond acceptors (Lipinski definition) is 4. The lowest BCUT2D eigenvalue weighted by Gasteiger charge is -2.25. The number of aryl methyl sites for hydroxylation is 1. The fourth-order valence-corrected chi connectivity index (χ4v) is 1.13. The second-order valence-corrected chi connectivity index (χ2v) is 3.11. The van der Waals surface area contributed by atoms with E-state index in [1.807, 2.05) is 0 Å². The molecule has 1 rings (SSSR count). The summed E-state index contributed by atoms with van der Waals surface area (Å²) < 4.78 is 46.4. The van der Waals surface area contributed by atoms with Gasteiger partial charge in [-0.2, -0.15) is 13.2 Å². The minimum absolute atomic E-state index is 0.140. The van der Waals surface area contributed by atoms with Crippen LogP contribution >= 0.6 is 0 Å². The van der Waals surface area contributed by atoms with Gasteiger partial charge in [-0.3, -0.25) is 0 Å². The van der Waals surface area contributed by atoms with Gasteiger partial charge in [-0.15, -0.1) is 0 Å². The molecule has 0 aliphatic heterocycles. The van der Waals surface area contributed by atoms with Crippen LogP contribution in [0.5, 0.6) is 0 Å². The third-order valence-corrected chi connectivity index (χ3v) is 1.99. The molecule has 1 atom stereocenters. The van der Waals surface area contributed by atoms with Crippen LogP contribution in [-0.2, 0) is 15.1 Å². The van der Waals surface area contributed by atoms with Crippen LogP contribution in [0.3, 0.4) is 0 Å². The van der Waals surface area contributed by atoms with Gasteiger partial charge in [-0.25, -0.2) is 4.79 Å². The van der Waals surface area contributed by atoms with Gasteiger partial charge in [0.05, 0.1) is 7.11 Å². The van der Waals surface area contributed by atoms with Crippen LogP contribution in [-0.4, -0.2) is 24.4 Å². The first-order valence-corrected chi connectivity index (χ1v) is 4.18. The molecule has 1 heterocycles. The highest BCUT2D eigenvalue weighted by Crippen LogP contribution is 2.40. The average molecular weight is 238 g/mol. The summed E-state index contributed by atoms with van der Waals surface area (Å²) in [6.45, 7) is 1.39. The highest BCUT2D eigenvalue weighted by atomic mass is 19.4. The Bertz CT molecular complexity index is 396. The van der Waals surface area contributed by atoms with E-state index in [0.29, 0.717) is 0 Å². The van der Waals surface area contributed by atoms with E-state index >= 15 is 0 Å². The van der Waals surface area contributed by atoms with Gasteiger partial charge in [0.15, 0.2) is 5.76 Å². The third kappa shape index (κ3) is 1.78. The monoisotopic (exact) mass is 238 g/mol. The number of alkyl halides is 3. The second kappa shape index (κ2) is 3.82. The van der Waals surface area contributed by atoms with Gasteiger partial charge < -0.3 is 14.3 Å². The van der Waals surface area contributed by atoms with Gasteiger partial charge in [-0.1, -0.05) is 0 Å². The van der Waals surface area contributed by atoms with Crippen molar-refractivity contribution < 1.29 is 32.2 Å². The largest absolute Gasteiger partial charge is 0.466 e. The van der Waals surface area contributed by atoms with E-state index in [1.165, 1.54) is 13.0 Å². The number of aliphatic hydroxyl groups is 1. The van der Waals surface area contributed by atoms with Crippen LogP contribution in [0.4, 0.5) is 13.2 Å². The first kappa shape index (κ1) is 12.6. The van der Waals surface area contributed by atoms with Crippen molar-refractivity contribution in [2.24, 2.45) is 0 Å². The second-order valence-electron chi connectivity index (χ2n) is 3.11. The molecule has 0 unspecified atom stereocenters. The zero-order chi connectivity index (χ0) is 12.6. The molecule has 0 aliphatic carbocycles. The maximum Gasteiger partial charge on any atom is 0.435 e. The summed E-state index contributed by atoms with van der Waals surface area (Å²) in [5.74, 6) is -2.61. The van der Waals surface area contributed by atoms with Crippen LogP contribution in [0.15, 0.2) is 16.5 Å². The van der Waals surface area contributed by atoms with Crippen molar-refractivity contribution in [3.8, 4) is 0 Å². The standard InChI is InChI=1S/C9H9F3O4/c1-5-3-4-6(16-5)8(14,7(13)15-2)9(10,11)12/h3-4,14H,1-2H3/t8-/m0/s1. The normalized spacial score (nSPS) is 15.6. The van der Waals surface area contributed by atoms with Crippen LogP contribution in [0.25, 0.3) is 0 Å². The Hall–Kier alpha value is -1.50. The molecular weight excluding hydrogens is 229 g/mol. The summed E-state index contributed by atoms with van der Waals surface area (Å²) in [4.78, 5) is 11.0. The molecule has 4 nitrogen and oxygen atoms in total. The number of halogens is 3. The van der Waals surface area contributed by atoms with Crippen molar-refractivity contribution >= 4 is 5.97 Å². The summed E-state index contributed by atoms with van der Waals surface area (Å²) in [6.07, 6.45) is -5.22. The summed E-state index contributed by atoms with van der Waals surface area (Å²) in [7, 11) is 0.745. The SMILES string of the molecule is COC(=O)[C@@](O)(c1ccc(C)o1)C(F)(F)F. The van der Waals surface area contributed by atoms with Crippen LogP contribution in [0, 0.1) is 6.92 Å². The van der Waals surface area contributed by atoms with Crippen molar-refractivity contribution in [3.05, 3.63) is 23.7 Å². The van der Waals surface area contributed by atoms with Crippen molar-refractivity contribution in [2.45, 2.75) is 18.7 Å². The first-order valence-electron chi connectivity index (χ1n) is 4.18. The maximum atomic E-state index is 12.6. The molecular formula is C9H9F3O4. The van der Waals surface area contributed by atoms with Crippen LogP contribution in [0.1, 0.15) is 11.5 Å². The molecule has 1 aromatic rings. The van der Waals surface area contributed by atoms with E-state index in [9.17, 15) is 23.1 Å². The number of carbonyl (C=O) groups is 1. The van der Waals surface area contributed by atoms with E-state index in [2.05, 4.69) is 9.15 Å². The van der Waals surface area contributed by atoms with E-state index in [0.717, 1.165) is 13.2 Å². The minimum Gasteiger partial charge on any atom is -0.466 e. The third-order valence-electron chi connectivity index (χ3n) is 1.99. The Morgan fingerprint density at radius 3 is 2.31 bits per heavy atom. The summed E-state index contributed by atoms with van der Waals surface area (Å²) in [5.41, 5.74) is -3.77. The topological polar surface area (TPSA) is 59.7 Å².